The van der Waals surface area contributed by atoms with Crippen LogP contribution in [0.15, 0.2) is 30.6 Å². The molecule has 0 aliphatic carbocycles. The molecule has 3 aromatic rings. The number of aromatic nitrogens is 3. The maximum atomic E-state index is 14.3. The largest absolute Gasteiger partial charge is 0.305 e. The summed E-state index contributed by atoms with van der Waals surface area (Å²) >= 11 is 0. The molecule has 0 aliphatic heterocycles. The number of nitrogens with zero attached hydrogens (tertiary/aromatic N) is 3. The van der Waals surface area contributed by atoms with Crippen molar-refractivity contribution in [3.05, 3.63) is 47.7 Å². The summed E-state index contributed by atoms with van der Waals surface area (Å²) in [5.41, 5.74) is 3.98. The van der Waals surface area contributed by atoms with Crippen molar-refractivity contribution >= 4 is 10.9 Å². The molecule has 122 valence electrons. The van der Waals surface area contributed by atoms with Gasteiger partial charge in [-0.25, -0.2) is 4.39 Å². The molecule has 2 aromatic heterocycles. The SMILES string of the molecule is CC.Cc1[nH]nc2cc(F)c(-c3cncc(CN(C)C)c3)cc12. The fraction of sp³-hybridized carbons (Fsp3) is 0.333. The molecular weight excluding hydrogens is 291 g/mol. The van der Waals surface area contributed by atoms with E-state index in [1.54, 1.807) is 6.20 Å². The lowest BCUT2D eigenvalue weighted by molar-refractivity contribution is 0.402. The number of aryl methyl sites for hydroxylation is 1. The number of benzene rings is 1. The third kappa shape index (κ3) is 3.74. The summed E-state index contributed by atoms with van der Waals surface area (Å²) in [4.78, 5) is 6.28. The summed E-state index contributed by atoms with van der Waals surface area (Å²) in [7, 11) is 3.99. The van der Waals surface area contributed by atoms with Gasteiger partial charge in [0.15, 0.2) is 0 Å². The third-order valence-corrected chi connectivity index (χ3v) is 3.44. The Labute approximate surface area is 136 Å². The molecule has 0 atom stereocenters. The van der Waals surface area contributed by atoms with E-state index in [-0.39, 0.29) is 5.82 Å². The van der Waals surface area contributed by atoms with Gasteiger partial charge in [0.05, 0.1) is 5.52 Å². The van der Waals surface area contributed by atoms with Crippen LogP contribution in [0, 0.1) is 12.7 Å². The molecule has 0 fully saturated rings. The van der Waals surface area contributed by atoms with Crippen LogP contribution in [0.4, 0.5) is 4.39 Å². The molecule has 0 unspecified atom stereocenters. The monoisotopic (exact) mass is 314 g/mol. The molecule has 0 spiro atoms. The van der Waals surface area contributed by atoms with E-state index in [2.05, 4.69) is 20.1 Å². The van der Waals surface area contributed by atoms with E-state index in [1.165, 1.54) is 6.07 Å². The minimum absolute atomic E-state index is 0.280. The molecule has 3 rings (SSSR count). The van der Waals surface area contributed by atoms with Gasteiger partial charge in [0.2, 0.25) is 0 Å². The number of hydrogen-bond acceptors (Lipinski definition) is 3. The van der Waals surface area contributed by atoms with Gasteiger partial charge >= 0.3 is 0 Å². The van der Waals surface area contributed by atoms with Crippen molar-refractivity contribution in [2.24, 2.45) is 0 Å². The quantitative estimate of drug-likeness (QED) is 0.789. The number of aromatic amines is 1. The Kier molecular flexibility index (Phi) is 5.45. The van der Waals surface area contributed by atoms with E-state index in [9.17, 15) is 4.39 Å². The molecule has 1 aromatic carbocycles. The predicted molar refractivity (Wildman–Crippen MR) is 92.8 cm³/mol. The summed E-state index contributed by atoms with van der Waals surface area (Å²) in [5, 5.41) is 7.90. The van der Waals surface area contributed by atoms with E-state index in [1.807, 2.05) is 53.2 Å². The van der Waals surface area contributed by atoms with Crippen LogP contribution in [0.25, 0.3) is 22.0 Å². The lowest BCUT2D eigenvalue weighted by atomic mass is 10.0. The van der Waals surface area contributed by atoms with Crippen molar-refractivity contribution in [1.29, 1.82) is 0 Å². The third-order valence-electron chi connectivity index (χ3n) is 3.44. The molecule has 1 N–H and O–H groups in total. The van der Waals surface area contributed by atoms with Crippen molar-refractivity contribution in [1.82, 2.24) is 20.1 Å². The highest BCUT2D eigenvalue weighted by Crippen LogP contribution is 2.28. The summed E-state index contributed by atoms with van der Waals surface area (Å²) in [6.07, 6.45) is 3.50. The number of H-pyrrole nitrogens is 1. The van der Waals surface area contributed by atoms with Gasteiger partial charge < -0.3 is 4.90 Å². The number of halogens is 1. The lowest BCUT2D eigenvalue weighted by Crippen LogP contribution is -2.10. The highest BCUT2D eigenvalue weighted by atomic mass is 19.1. The molecule has 5 heteroatoms. The van der Waals surface area contributed by atoms with Crippen LogP contribution < -0.4 is 0 Å². The maximum Gasteiger partial charge on any atom is 0.133 e. The Hall–Kier alpha value is -2.27. The lowest BCUT2D eigenvalue weighted by Gasteiger charge is -2.11. The van der Waals surface area contributed by atoms with E-state index in [4.69, 9.17) is 0 Å². The van der Waals surface area contributed by atoms with Gasteiger partial charge in [-0.1, -0.05) is 13.8 Å². The molecule has 23 heavy (non-hydrogen) atoms. The normalized spacial score (nSPS) is 10.7. The average molecular weight is 314 g/mol. The standard InChI is InChI=1S/C16H17FN4.C2H6/c1-10-13-5-14(15(17)6-16(13)20-19-10)12-4-11(7-18-8-12)9-21(2)3;1-2/h4-8H,9H2,1-3H3,(H,19,20);1-2H3. The number of nitrogens with one attached hydrogen (secondary N) is 1. The van der Waals surface area contributed by atoms with Gasteiger partial charge in [0.1, 0.15) is 5.82 Å². The van der Waals surface area contributed by atoms with Gasteiger partial charge in [-0.3, -0.25) is 10.1 Å². The molecule has 2 heterocycles. The Morgan fingerprint density at radius 1 is 1.13 bits per heavy atom. The second kappa shape index (κ2) is 7.33. The Bertz CT molecular complexity index is 793. The van der Waals surface area contributed by atoms with Gasteiger partial charge in [-0.15, -0.1) is 0 Å². The summed E-state index contributed by atoms with van der Waals surface area (Å²) in [5.74, 6) is -0.280. The van der Waals surface area contributed by atoms with Crippen molar-refractivity contribution in [3.63, 3.8) is 0 Å². The van der Waals surface area contributed by atoms with E-state index < -0.39 is 0 Å². The molecule has 0 radical (unpaired) electrons. The van der Waals surface area contributed by atoms with Crippen LogP contribution in [-0.2, 0) is 6.54 Å². The first-order valence-corrected chi connectivity index (χ1v) is 7.78. The number of hydrogen-bond donors (Lipinski definition) is 1. The molecule has 0 amide bonds. The highest BCUT2D eigenvalue weighted by molar-refractivity contribution is 5.86. The predicted octanol–water partition coefficient (Wildman–Crippen LogP) is 4.16. The van der Waals surface area contributed by atoms with Crippen LogP contribution in [-0.4, -0.2) is 34.2 Å². The molecule has 0 saturated carbocycles. The zero-order valence-corrected chi connectivity index (χ0v) is 14.3. The highest BCUT2D eigenvalue weighted by Gasteiger charge is 2.11. The van der Waals surface area contributed by atoms with Crippen LogP contribution >= 0.6 is 0 Å². The van der Waals surface area contributed by atoms with E-state index >= 15 is 0 Å². The second-order valence-electron chi connectivity index (χ2n) is 5.52. The van der Waals surface area contributed by atoms with Crippen molar-refractivity contribution < 1.29 is 4.39 Å². The smallest absolute Gasteiger partial charge is 0.133 e. The first kappa shape index (κ1) is 17.1. The Balaban J connectivity index is 0.000000924. The summed E-state index contributed by atoms with van der Waals surface area (Å²) < 4.78 is 14.3. The zero-order chi connectivity index (χ0) is 17.0. The van der Waals surface area contributed by atoms with E-state index in [0.29, 0.717) is 11.1 Å². The van der Waals surface area contributed by atoms with Crippen LogP contribution in [0.2, 0.25) is 0 Å². The Morgan fingerprint density at radius 2 is 1.87 bits per heavy atom. The second-order valence-corrected chi connectivity index (χ2v) is 5.52. The van der Waals surface area contributed by atoms with Gasteiger partial charge in [0.25, 0.3) is 0 Å². The summed E-state index contributed by atoms with van der Waals surface area (Å²) in [6.45, 7) is 6.70. The number of pyridine rings is 1. The molecule has 0 saturated heterocycles. The fourth-order valence-electron chi connectivity index (χ4n) is 2.47. The minimum Gasteiger partial charge on any atom is -0.305 e. The van der Waals surface area contributed by atoms with Crippen LogP contribution in [0.3, 0.4) is 0 Å². The number of fused-ring (bicyclic) bond motifs is 1. The fourth-order valence-corrected chi connectivity index (χ4v) is 2.47. The Morgan fingerprint density at radius 3 is 2.57 bits per heavy atom. The van der Waals surface area contributed by atoms with Crippen LogP contribution in [0.1, 0.15) is 25.1 Å². The molecule has 0 aliphatic rings. The molecule has 4 nitrogen and oxygen atoms in total. The average Bonchev–Trinajstić information content (AvgIpc) is 2.88. The first-order chi connectivity index (χ1) is 11.0. The minimum atomic E-state index is -0.280. The molecular formula is C18H23FN4. The topological polar surface area (TPSA) is 44.8 Å². The zero-order valence-electron chi connectivity index (χ0n) is 14.3. The van der Waals surface area contributed by atoms with Crippen molar-refractivity contribution in [2.75, 3.05) is 14.1 Å². The van der Waals surface area contributed by atoms with Gasteiger partial charge in [0, 0.05) is 47.2 Å². The first-order valence-electron chi connectivity index (χ1n) is 7.78. The van der Waals surface area contributed by atoms with Crippen molar-refractivity contribution in [3.8, 4) is 11.1 Å². The van der Waals surface area contributed by atoms with Crippen molar-refractivity contribution in [2.45, 2.75) is 27.3 Å². The van der Waals surface area contributed by atoms with Gasteiger partial charge in [-0.05, 0) is 38.7 Å². The molecule has 0 bridgehead atoms. The van der Waals surface area contributed by atoms with E-state index in [0.717, 1.165) is 28.8 Å². The van der Waals surface area contributed by atoms with Crippen LogP contribution in [0.5, 0.6) is 0 Å². The van der Waals surface area contributed by atoms with Gasteiger partial charge in [-0.2, -0.15) is 5.10 Å². The number of rotatable bonds is 3. The maximum absolute atomic E-state index is 14.3. The summed E-state index contributed by atoms with van der Waals surface area (Å²) in [6, 6.07) is 5.28.